The summed E-state index contributed by atoms with van der Waals surface area (Å²) in [6, 6.07) is 1.29. The maximum Gasteiger partial charge on any atom is 0.408 e. The molecule has 1 rings (SSSR count). The lowest BCUT2D eigenvalue weighted by molar-refractivity contribution is 0.0487. The van der Waals surface area contributed by atoms with Gasteiger partial charge in [0, 0.05) is 11.8 Å². The van der Waals surface area contributed by atoms with Crippen molar-refractivity contribution in [3.05, 3.63) is 28.5 Å². The fraction of sp³-hybridized carbons (Fsp3) is 0.600. The summed E-state index contributed by atoms with van der Waals surface area (Å²) in [6.45, 7) is 9.13. The lowest BCUT2D eigenvalue weighted by Gasteiger charge is -2.26. The van der Waals surface area contributed by atoms with Gasteiger partial charge < -0.3 is 15.2 Å². The van der Waals surface area contributed by atoms with Crippen LogP contribution in [0.15, 0.2) is 12.3 Å². The fourth-order valence-corrected chi connectivity index (χ4v) is 2.06. The number of alkyl carbamates (subject to hydrolysis) is 1. The zero-order valence-electron chi connectivity index (χ0n) is 13.1. The van der Waals surface area contributed by atoms with Crippen molar-refractivity contribution in [1.29, 1.82) is 0 Å². The molecular weight excluding hydrogens is 292 g/mol. The molecule has 0 aliphatic heterocycles. The van der Waals surface area contributed by atoms with Crippen LogP contribution in [-0.2, 0) is 11.3 Å². The molecule has 0 aliphatic rings. The van der Waals surface area contributed by atoms with Crippen molar-refractivity contribution in [3.63, 3.8) is 0 Å². The Morgan fingerprint density at radius 3 is 2.57 bits per heavy atom. The van der Waals surface area contributed by atoms with Gasteiger partial charge in [-0.2, -0.15) is 0 Å². The molecule has 0 saturated heterocycles. The third-order valence-electron chi connectivity index (χ3n) is 2.77. The summed E-state index contributed by atoms with van der Waals surface area (Å²) in [5, 5.41) is 12.7. The number of carbonyl (C=O) groups is 1. The quantitative estimate of drug-likeness (QED) is 0.893. The normalized spacial score (nSPS) is 13.1. The molecule has 0 fully saturated rings. The summed E-state index contributed by atoms with van der Waals surface area (Å²) in [5.41, 5.74) is 0.624. The molecule has 5 nitrogen and oxygen atoms in total. The number of amides is 1. The van der Waals surface area contributed by atoms with Gasteiger partial charge in [0.05, 0.1) is 23.4 Å². The SMILES string of the molecule is CC(C)C(NC(=O)OC(C)(C)C)c1ncc(Cl)cc1CO. The van der Waals surface area contributed by atoms with Crippen LogP contribution < -0.4 is 5.32 Å². The van der Waals surface area contributed by atoms with Crippen molar-refractivity contribution in [2.75, 3.05) is 0 Å². The zero-order chi connectivity index (χ0) is 16.2. The largest absolute Gasteiger partial charge is 0.444 e. The van der Waals surface area contributed by atoms with Gasteiger partial charge in [0.25, 0.3) is 0 Å². The Hall–Kier alpha value is -1.33. The molecule has 1 aromatic heterocycles. The van der Waals surface area contributed by atoms with Crippen molar-refractivity contribution in [1.82, 2.24) is 10.3 Å². The average Bonchev–Trinajstić information content (AvgIpc) is 2.33. The number of halogens is 1. The van der Waals surface area contributed by atoms with Crippen LogP contribution in [0.4, 0.5) is 4.79 Å². The van der Waals surface area contributed by atoms with E-state index < -0.39 is 11.7 Å². The van der Waals surface area contributed by atoms with E-state index in [9.17, 15) is 9.90 Å². The molecular formula is C15H23ClN2O3. The molecule has 0 bridgehead atoms. The van der Waals surface area contributed by atoms with Crippen LogP contribution in [0.5, 0.6) is 0 Å². The molecule has 2 N–H and O–H groups in total. The molecule has 0 aromatic carbocycles. The molecule has 0 aliphatic carbocycles. The highest BCUT2D eigenvalue weighted by molar-refractivity contribution is 6.30. The first kappa shape index (κ1) is 17.7. The number of hydrogen-bond acceptors (Lipinski definition) is 4. The van der Waals surface area contributed by atoms with Crippen LogP contribution in [0.25, 0.3) is 0 Å². The van der Waals surface area contributed by atoms with Crippen LogP contribution >= 0.6 is 11.6 Å². The minimum absolute atomic E-state index is 0.0801. The number of carbonyl (C=O) groups excluding carboxylic acids is 1. The van der Waals surface area contributed by atoms with E-state index in [1.54, 1.807) is 26.8 Å². The number of aliphatic hydroxyl groups excluding tert-OH is 1. The van der Waals surface area contributed by atoms with Gasteiger partial charge >= 0.3 is 6.09 Å². The molecule has 1 unspecified atom stereocenters. The highest BCUT2D eigenvalue weighted by Crippen LogP contribution is 2.25. The summed E-state index contributed by atoms with van der Waals surface area (Å²) < 4.78 is 5.27. The molecule has 1 aromatic rings. The molecule has 1 atom stereocenters. The molecule has 1 heterocycles. The Balaban J connectivity index is 3.00. The number of rotatable bonds is 4. The number of nitrogens with one attached hydrogen (secondary N) is 1. The summed E-state index contributed by atoms with van der Waals surface area (Å²) in [4.78, 5) is 16.2. The first-order chi connectivity index (χ1) is 9.64. The molecule has 0 radical (unpaired) electrons. The van der Waals surface area contributed by atoms with Gasteiger partial charge in [-0.3, -0.25) is 4.98 Å². The molecule has 21 heavy (non-hydrogen) atoms. The van der Waals surface area contributed by atoms with Crippen molar-refractivity contribution < 1.29 is 14.6 Å². The summed E-state index contributed by atoms with van der Waals surface area (Å²) >= 11 is 5.89. The van der Waals surface area contributed by atoms with Crippen LogP contribution in [0, 0.1) is 5.92 Å². The third kappa shape index (κ3) is 5.52. The monoisotopic (exact) mass is 314 g/mol. The molecule has 118 valence electrons. The predicted octanol–water partition coefficient (Wildman–Crippen LogP) is 3.45. The molecule has 1 amide bonds. The van der Waals surface area contributed by atoms with Gasteiger partial charge in [-0.15, -0.1) is 0 Å². The van der Waals surface area contributed by atoms with Crippen molar-refractivity contribution in [3.8, 4) is 0 Å². The van der Waals surface area contributed by atoms with E-state index >= 15 is 0 Å². The van der Waals surface area contributed by atoms with E-state index in [-0.39, 0.29) is 18.6 Å². The zero-order valence-corrected chi connectivity index (χ0v) is 13.9. The van der Waals surface area contributed by atoms with Gasteiger partial charge in [0.15, 0.2) is 0 Å². The smallest absolute Gasteiger partial charge is 0.408 e. The number of aliphatic hydroxyl groups is 1. The standard InChI is InChI=1S/C15H23ClN2O3/c1-9(2)12(18-14(20)21-15(3,4)5)13-10(8-19)6-11(16)7-17-13/h6-7,9,12,19H,8H2,1-5H3,(H,18,20). The fourth-order valence-electron chi connectivity index (χ4n) is 1.88. The van der Waals surface area contributed by atoms with E-state index in [1.807, 2.05) is 13.8 Å². The Labute approximate surface area is 130 Å². The van der Waals surface area contributed by atoms with E-state index in [2.05, 4.69) is 10.3 Å². The third-order valence-corrected chi connectivity index (χ3v) is 2.98. The van der Waals surface area contributed by atoms with E-state index in [1.165, 1.54) is 6.20 Å². The minimum atomic E-state index is -0.571. The first-order valence-corrected chi connectivity index (χ1v) is 7.26. The van der Waals surface area contributed by atoms with E-state index in [4.69, 9.17) is 16.3 Å². The van der Waals surface area contributed by atoms with Crippen molar-refractivity contribution in [2.24, 2.45) is 5.92 Å². The highest BCUT2D eigenvalue weighted by atomic mass is 35.5. The second kappa shape index (κ2) is 7.09. The lowest BCUT2D eigenvalue weighted by Crippen LogP contribution is -2.37. The van der Waals surface area contributed by atoms with Gasteiger partial charge in [-0.1, -0.05) is 25.4 Å². The van der Waals surface area contributed by atoms with Gasteiger partial charge in [0.1, 0.15) is 5.60 Å². The molecule has 0 spiro atoms. The van der Waals surface area contributed by atoms with E-state index in [0.717, 1.165) is 0 Å². The van der Waals surface area contributed by atoms with Crippen molar-refractivity contribution >= 4 is 17.7 Å². The van der Waals surface area contributed by atoms with E-state index in [0.29, 0.717) is 16.3 Å². The Bertz CT molecular complexity index is 498. The minimum Gasteiger partial charge on any atom is -0.444 e. The molecule has 0 saturated carbocycles. The number of pyridine rings is 1. The number of nitrogens with zero attached hydrogens (tertiary/aromatic N) is 1. The van der Waals surface area contributed by atoms with Crippen LogP contribution in [0.1, 0.15) is 51.9 Å². The predicted molar refractivity (Wildman–Crippen MR) is 82.1 cm³/mol. The number of hydrogen-bond donors (Lipinski definition) is 2. The Morgan fingerprint density at radius 2 is 2.10 bits per heavy atom. The summed E-state index contributed by atoms with van der Waals surface area (Å²) in [7, 11) is 0. The molecule has 6 heteroatoms. The topological polar surface area (TPSA) is 71.5 Å². The number of aromatic nitrogens is 1. The number of ether oxygens (including phenoxy) is 1. The Kier molecular flexibility index (Phi) is 5.98. The van der Waals surface area contributed by atoms with Crippen LogP contribution in [0.3, 0.4) is 0 Å². The van der Waals surface area contributed by atoms with Gasteiger partial charge in [-0.25, -0.2) is 4.79 Å². The average molecular weight is 315 g/mol. The van der Waals surface area contributed by atoms with Gasteiger partial charge in [-0.05, 0) is 32.8 Å². The maximum atomic E-state index is 12.0. The van der Waals surface area contributed by atoms with Crippen molar-refractivity contribution in [2.45, 2.75) is 52.9 Å². The summed E-state index contributed by atoms with van der Waals surface area (Å²) in [5.74, 6) is 0.0801. The summed E-state index contributed by atoms with van der Waals surface area (Å²) in [6.07, 6.45) is 0.990. The lowest BCUT2D eigenvalue weighted by atomic mass is 9.97. The Morgan fingerprint density at radius 1 is 1.48 bits per heavy atom. The second-order valence-electron chi connectivity index (χ2n) is 6.22. The second-order valence-corrected chi connectivity index (χ2v) is 6.66. The van der Waals surface area contributed by atoms with Gasteiger partial charge in [0.2, 0.25) is 0 Å². The maximum absolute atomic E-state index is 12.0. The van der Waals surface area contributed by atoms with Crippen LogP contribution in [0.2, 0.25) is 5.02 Å². The van der Waals surface area contributed by atoms with Crippen LogP contribution in [-0.4, -0.2) is 21.8 Å². The first-order valence-electron chi connectivity index (χ1n) is 6.88. The highest BCUT2D eigenvalue weighted by Gasteiger charge is 2.25.